The fraction of sp³-hybridized carbons (Fsp3) is 0.538. The highest BCUT2D eigenvalue weighted by atomic mass is 15.3. The molecule has 0 spiro atoms. The van der Waals surface area contributed by atoms with Crippen LogP contribution in [0.3, 0.4) is 0 Å². The molecule has 5 heteroatoms. The number of nitriles is 1. The van der Waals surface area contributed by atoms with Crippen LogP contribution in [-0.2, 0) is 7.05 Å². The lowest BCUT2D eigenvalue weighted by atomic mass is 10.1. The lowest BCUT2D eigenvalue weighted by Crippen LogP contribution is -2.21. The maximum atomic E-state index is 9.10. The molecule has 0 amide bonds. The van der Waals surface area contributed by atoms with Crippen molar-refractivity contribution >= 4 is 5.82 Å². The van der Waals surface area contributed by atoms with Crippen LogP contribution in [0, 0.1) is 18.3 Å². The Morgan fingerprint density at radius 3 is 3.11 bits per heavy atom. The summed E-state index contributed by atoms with van der Waals surface area (Å²) in [6, 6.07) is 2.20. The largest absolute Gasteiger partial charge is 0.369 e. The fourth-order valence-electron chi connectivity index (χ4n) is 2.23. The summed E-state index contributed by atoms with van der Waals surface area (Å²) in [4.78, 5) is 0. The zero-order chi connectivity index (χ0) is 13.0. The molecule has 0 aromatic carbocycles. The van der Waals surface area contributed by atoms with Crippen LogP contribution < -0.4 is 10.6 Å². The molecule has 1 aliphatic rings. The summed E-state index contributed by atoms with van der Waals surface area (Å²) in [7, 11) is 1.86. The fourth-order valence-corrected chi connectivity index (χ4v) is 2.23. The first-order chi connectivity index (χ1) is 8.72. The van der Waals surface area contributed by atoms with Gasteiger partial charge in [0.1, 0.15) is 17.5 Å². The summed E-state index contributed by atoms with van der Waals surface area (Å²) in [5.41, 5.74) is 2.92. The van der Waals surface area contributed by atoms with Crippen molar-refractivity contribution in [2.75, 3.05) is 25.0 Å². The quantitative estimate of drug-likeness (QED) is 0.785. The Hall–Kier alpha value is -1.80. The first-order valence-electron chi connectivity index (χ1n) is 6.28. The molecule has 0 bridgehead atoms. The summed E-state index contributed by atoms with van der Waals surface area (Å²) >= 11 is 0. The normalized spacial score (nSPS) is 15.1. The minimum absolute atomic E-state index is 0.650. The highest BCUT2D eigenvalue weighted by Gasteiger charge is 2.12. The van der Waals surface area contributed by atoms with Gasteiger partial charge in [-0.15, -0.1) is 0 Å². The number of hydrogen-bond donors (Lipinski definition) is 2. The van der Waals surface area contributed by atoms with E-state index in [0.29, 0.717) is 5.56 Å². The topological polar surface area (TPSA) is 65.7 Å². The average molecular weight is 245 g/mol. The SMILES string of the molecule is Cc1nn(C)c(NCCC2=CCNCC2)c1C#N. The molecular formula is C13H19N5. The molecule has 0 unspecified atom stereocenters. The molecule has 18 heavy (non-hydrogen) atoms. The highest BCUT2D eigenvalue weighted by Crippen LogP contribution is 2.18. The molecular weight excluding hydrogens is 226 g/mol. The van der Waals surface area contributed by atoms with Gasteiger partial charge in [0.25, 0.3) is 0 Å². The Labute approximate surface area is 107 Å². The molecule has 0 aliphatic carbocycles. The van der Waals surface area contributed by atoms with E-state index in [9.17, 15) is 0 Å². The van der Waals surface area contributed by atoms with Gasteiger partial charge >= 0.3 is 0 Å². The van der Waals surface area contributed by atoms with Crippen LogP contribution in [0.4, 0.5) is 5.82 Å². The van der Waals surface area contributed by atoms with E-state index in [0.717, 1.165) is 44.0 Å². The van der Waals surface area contributed by atoms with Crippen molar-refractivity contribution in [1.29, 1.82) is 5.26 Å². The van der Waals surface area contributed by atoms with Gasteiger partial charge in [0.05, 0.1) is 5.69 Å². The molecule has 2 rings (SSSR count). The second-order valence-electron chi connectivity index (χ2n) is 4.54. The molecule has 1 aliphatic heterocycles. The molecule has 0 saturated carbocycles. The third-order valence-corrected chi connectivity index (χ3v) is 3.23. The van der Waals surface area contributed by atoms with E-state index < -0.39 is 0 Å². The number of nitrogens with one attached hydrogen (secondary N) is 2. The van der Waals surface area contributed by atoms with Crippen LogP contribution in [0.25, 0.3) is 0 Å². The molecule has 96 valence electrons. The number of rotatable bonds is 4. The third kappa shape index (κ3) is 2.71. The lowest BCUT2D eigenvalue weighted by molar-refractivity contribution is 0.682. The third-order valence-electron chi connectivity index (χ3n) is 3.23. The Bertz CT molecular complexity index is 492. The minimum atomic E-state index is 0.650. The number of anilines is 1. The van der Waals surface area contributed by atoms with E-state index >= 15 is 0 Å². The van der Waals surface area contributed by atoms with Gasteiger partial charge in [-0.3, -0.25) is 4.68 Å². The van der Waals surface area contributed by atoms with Crippen molar-refractivity contribution < 1.29 is 0 Å². The van der Waals surface area contributed by atoms with Crippen LogP contribution in [-0.4, -0.2) is 29.4 Å². The van der Waals surface area contributed by atoms with Crippen molar-refractivity contribution in [3.63, 3.8) is 0 Å². The standard InChI is InChI=1S/C13H19N5/c1-10-12(9-14)13(18(2)17-10)16-8-5-11-3-6-15-7-4-11/h3,15-16H,4-8H2,1-2H3. The van der Waals surface area contributed by atoms with Gasteiger partial charge in [-0.2, -0.15) is 10.4 Å². The summed E-state index contributed by atoms with van der Waals surface area (Å²) in [6.45, 7) is 4.75. The number of aryl methyl sites for hydroxylation is 2. The van der Waals surface area contributed by atoms with Gasteiger partial charge in [0, 0.05) is 20.1 Å². The van der Waals surface area contributed by atoms with Crippen LogP contribution >= 0.6 is 0 Å². The molecule has 1 aromatic rings. The van der Waals surface area contributed by atoms with Crippen LogP contribution in [0.5, 0.6) is 0 Å². The zero-order valence-electron chi connectivity index (χ0n) is 11.0. The predicted octanol–water partition coefficient (Wildman–Crippen LogP) is 1.32. The molecule has 2 N–H and O–H groups in total. The Kier molecular flexibility index (Phi) is 4.00. The summed E-state index contributed by atoms with van der Waals surface area (Å²) in [6.07, 6.45) is 4.40. The second kappa shape index (κ2) is 5.69. The number of aromatic nitrogens is 2. The molecule has 5 nitrogen and oxygen atoms in total. The molecule has 0 saturated heterocycles. The molecule has 0 fully saturated rings. The van der Waals surface area contributed by atoms with Crippen LogP contribution in [0.2, 0.25) is 0 Å². The van der Waals surface area contributed by atoms with Gasteiger partial charge in [-0.1, -0.05) is 11.6 Å². The van der Waals surface area contributed by atoms with Crippen LogP contribution in [0.15, 0.2) is 11.6 Å². The van der Waals surface area contributed by atoms with E-state index in [4.69, 9.17) is 5.26 Å². The van der Waals surface area contributed by atoms with Gasteiger partial charge in [0.2, 0.25) is 0 Å². The van der Waals surface area contributed by atoms with E-state index in [1.807, 2.05) is 14.0 Å². The van der Waals surface area contributed by atoms with E-state index in [1.54, 1.807) is 4.68 Å². The number of nitrogens with zero attached hydrogens (tertiary/aromatic N) is 3. The second-order valence-corrected chi connectivity index (χ2v) is 4.54. The van der Waals surface area contributed by atoms with E-state index in [1.165, 1.54) is 5.57 Å². The molecule has 0 radical (unpaired) electrons. The highest BCUT2D eigenvalue weighted by molar-refractivity contribution is 5.54. The lowest BCUT2D eigenvalue weighted by Gasteiger charge is -2.14. The maximum Gasteiger partial charge on any atom is 0.142 e. The summed E-state index contributed by atoms with van der Waals surface area (Å²) < 4.78 is 1.74. The van der Waals surface area contributed by atoms with Crippen molar-refractivity contribution in [3.8, 4) is 6.07 Å². The van der Waals surface area contributed by atoms with Crippen molar-refractivity contribution in [3.05, 3.63) is 22.9 Å². The van der Waals surface area contributed by atoms with E-state index in [2.05, 4.69) is 27.9 Å². The van der Waals surface area contributed by atoms with Gasteiger partial charge in [-0.05, 0) is 26.3 Å². The molecule has 1 aromatic heterocycles. The predicted molar refractivity (Wildman–Crippen MR) is 71.3 cm³/mol. The van der Waals surface area contributed by atoms with Gasteiger partial charge in [0.15, 0.2) is 0 Å². The first-order valence-corrected chi connectivity index (χ1v) is 6.28. The Morgan fingerprint density at radius 1 is 1.61 bits per heavy atom. The van der Waals surface area contributed by atoms with Crippen molar-refractivity contribution in [2.45, 2.75) is 19.8 Å². The zero-order valence-corrected chi connectivity index (χ0v) is 11.0. The van der Waals surface area contributed by atoms with Gasteiger partial charge in [-0.25, -0.2) is 0 Å². The van der Waals surface area contributed by atoms with Crippen LogP contribution in [0.1, 0.15) is 24.1 Å². The van der Waals surface area contributed by atoms with Crippen molar-refractivity contribution in [2.24, 2.45) is 7.05 Å². The monoisotopic (exact) mass is 245 g/mol. The summed E-state index contributed by atoms with van der Waals surface area (Å²) in [5, 5.41) is 20.0. The number of hydrogen-bond acceptors (Lipinski definition) is 4. The Balaban J connectivity index is 1.94. The molecule has 0 atom stereocenters. The first kappa shape index (κ1) is 12.7. The Morgan fingerprint density at radius 2 is 2.44 bits per heavy atom. The van der Waals surface area contributed by atoms with Gasteiger partial charge < -0.3 is 10.6 Å². The average Bonchev–Trinajstić information content (AvgIpc) is 2.65. The minimum Gasteiger partial charge on any atom is -0.369 e. The summed E-state index contributed by atoms with van der Waals surface area (Å²) in [5.74, 6) is 0.824. The maximum absolute atomic E-state index is 9.10. The van der Waals surface area contributed by atoms with Crippen molar-refractivity contribution in [1.82, 2.24) is 15.1 Å². The smallest absolute Gasteiger partial charge is 0.142 e. The molecule has 2 heterocycles. The van der Waals surface area contributed by atoms with E-state index in [-0.39, 0.29) is 0 Å².